The van der Waals surface area contributed by atoms with Gasteiger partial charge in [-0.05, 0) is 80.8 Å². The van der Waals surface area contributed by atoms with E-state index in [1.807, 2.05) is 0 Å². The lowest BCUT2D eigenvalue weighted by atomic mass is 9.46. The van der Waals surface area contributed by atoms with E-state index in [-0.39, 0.29) is 35.4 Å². The van der Waals surface area contributed by atoms with Gasteiger partial charge in [-0.1, -0.05) is 20.8 Å². The molecule has 35 heavy (non-hydrogen) atoms. The fourth-order valence-electron chi connectivity index (χ4n) is 8.37. The van der Waals surface area contributed by atoms with E-state index >= 15 is 4.39 Å². The van der Waals surface area contributed by atoms with Crippen molar-refractivity contribution in [1.82, 2.24) is 0 Å². The highest BCUT2D eigenvalue weighted by molar-refractivity contribution is 5.92. The molecule has 3 saturated carbocycles. The second-order valence-corrected chi connectivity index (χ2v) is 12.0. The summed E-state index contributed by atoms with van der Waals surface area (Å²) in [6.45, 7) is 8.96. The smallest absolute Gasteiger partial charge is 0.344 e. The van der Waals surface area contributed by atoms with E-state index in [0.717, 1.165) is 6.42 Å². The molecule has 4 aliphatic carbocycles. The quantitative estimate of drug-likeness (QED) is 0.424. The third-order valence-electron chi connectivity index (χ3n) is 9.93. The molecule has 7 nitrogen and oxygen atoms in total. The zero-order valence-corrected chi connectivity index (χ0v) is 21.4. The minimum Gasteiger partial charge on any atom is -0.428 e. The maximum absolute atomic E-state index is 15.6. The normalized spacial score (nSPS) is 45.5. The molecule has 0 aromatic carbocycles. The van der Waals surface area contributed by atoms with E-state index in [9.17, 15) is 14.4 Å². The summed E-state index contributed by atoms with van der Waals surface area (Å²) >= 11 is 0. The zero-order valence-electron chi connectivity index (χ0n) is 21.4. The molecule has 4 fully saturated rings. The summed E-state index contributed by atoms with van der Waals surface area (Å²) in [6, 6.07) is 0. The summed E-state index contributed by atoms with van der Waals surface area (Å²) < 4.78 is 38.8. The van der Waals surface area contributed by atoms with E-state index in [1.165, 1.54) is 0 Å². The Bertz CT molecular complexity index is 975. The van der Waals surface area contributed by atoms with Crippen molar-refractivity contribution in [3.63, 3.8) is 0 Å². The molecule has 1 heterocycles. The second kappa shape index (κ2) is 8.10. The number of hydrogen-bond acceptors (Lipinski definition) is 7. The number of ketones is 1. The van der Waals surface area contributed by atoms with Crippen LogP contribution in [0, 0.1) is 28.6 Å². The topological polar surface area (TPSA) is 88.1 Å². The van der Waals surface area contributed by atoms with E-state index in [4.69, 9.17) is 18.9 Å². The molecule has 0 aromatic rings. The molecule has 5 unspecified atom stereocenters. The van der Waals surface area contributed by atoms with Crippen molar-refractivity contribution in [3.8, 4) is 0 Å². The summed E-state index contributed by atoms with van der Waals surface area (Å²) in [7, 11) is 0. The lowest BCUT2D eigenvalue weighted by molar-refractivity contribution is -0.232. The highest BCUT2D eigenvalue weighted by atomic mass is 19.1. The van der Waals surface area contributed by atoms with Gasteiger partial charge in [-0.25, -0.2) is 9.18 Å². The highest BCUT2D eigenvalue weighted by Gasteiger charge is 2.77. The molecule has 8 heteroatoms. The Balaban J connectivity index is 1.48. The van der Waals surface area contributed by atoms with E-state index in [0.29, 0.717) is 37.7 Å². The molecule has 0 spiro atoms. The van der Waals surface area contributed by atoms with Gasteiger partial charge >= 0.3 is 11.9 Å². The maximum atomic E-state index is 15.6. The van der Waals surface area contributed by atoms with Crippen molar-refractivity contribution >= 4 is 17.7 Å². The van der Waals surface area contributed by atoms with Gasteiger partial charge in [0.25, 0.3) is 0 Å². The van der Waals surface area contributed by atoms with Crippen LogP contribution in [0.25, 0.3) is 0 Å². The highest BCUT2D eigenvalue weighted by Crippen LogP contribution is 2.71. The van der Waals surface area contributed by atoms with Crippen molar-refractivity contribution in [1.29, 1.82) is 0 Å². The molecule has 0 N–H and O–H groups in total. The lowest BCUT2D eigenvalue weighted by Crippen LogP contribution is -2.61. The first-order valence-corrected chi connectivity index (χ1v) is 13.0. The average molecular weight is 493 g/mol. The van der Waals surface area contributed by atoms with Crippen molar-refractivity contribution in [2.24, 2.45) is 28.6 Å². The largest absolute Gasteiger partial charge is 0.428 e. The Kier molecular flexibility index (Phi) is 5.76. The van der Waals surface area contributed by atoms with Crippen LogP contribution < -0.4 is 0 Å². The summed E-state index contributed by atoms with van der Waals surface area (Å²) in [6.07, 6.45) is 3.60. The number of hydrogen-bond donors (Lipinski definition) is 0. The van der Waals surface area contributed by atoms with Gasteiger partial charge in [0, 0.05) is 18.3 Å². The molecular weight excluding hydrogens is 455 g/mol. The van der Waals surface area contributed by atoms with Crippen molar-refractivity contribution in [2.45, 2.75) is 103 Å². The summed E-state index contributed by atoms with van der Waals surface area (Å²) in [4.78, 5) is 37.3. The van der Waals surface area contributed by atoms with E-state index in [2.05, 4.69) is 13.8 Å². The molecule has 0 aromatic heterocycles. The van der Waals surface area contributed by atoms with Crippen molar-refractivity contribution in [2.75, 3.05) is 6.79 Å². The number of fused-ring (bicyclic) bond motifs is 7. The molecule has 5 rings (SSSR count). The number of esters is 2. The van der Waals surface area contributed by atoms with E-state index in [1.54, 1.807) is 26.8 Å². The zero-order chi connectivity index (χ0) is 25.4. The number of carbonyl (C=O) groups is 3. The van der Waals surface area contributed by atoms with E-state index < -0.39 is 47.8 Å². The van der Waals surface area contributed by atoms with Crippen LogP contribution in [0.1, 0.15) is 79.6 Å². The third kappa shape index (κ3) is 3.45. The number of alkyl halides is 1. The molecule has 0 bridgehead atoms. The summed E-state index contributed by atoms with van der Waals surface area (Å²) in [5.74, 6) is -1.71. The molecule has 194 valence electrons. The average Bonchev–Trinajstić information content (AvgIpc) is 3.21. The summed E-state index contributed by atoms with van der Waals surface area (Å²) in [5.41, 5.74) is -1.66. The first kappa shape index (κ1) is 24.9. The molecule has 1 aliphatic heterocycles. The Hall–Kier alpha value is -1.80. The Morgan fingerprint density at radius 1 is 1.11 bits per heavy atom. The fraction of sp³-hybridized carbons (Fsp3) is 0.815. The van der Waals surface area contributed by atoms with Gasteiger partial charge in [0.05, 0.1) is 0 Å². The first-order valence-electron chi connectivity index (χ1n) is 13.0. The Morgan fingerprint density at radius 2 is 1.86 bits per heavy atom. The number of ether oxygens (including phenoxy) is 4. The standard InChI is InChI=1S/C27H37FO7/c1-6-22(30)32-14-33-23(31)27-21(34-24(2,3)35-27)13-18-16-12-20(28)19-11-15(29)7-9-25(19,4)17(16)8-10-26(18,27)5/h11,16-18,20-21H,6-10,12-14H2,1-5H3/t16?,17?,18?,20-,21+,25?,26?,27-/m0/s1. The minimum absolute atomic E-state index is 0.00217. The number of halogens is 1. The molecule has 0 amide bonds. The van der Waals surface area contributed by atoms with Gasteiger partial charge < -0.3 is 18.9 Å². The molecular formula is C27H37FO7. The van der Waals surface area contributed by atoms with Gasteiger partial charge in [0.1, 0.15) is 12.3 Å². The minimum atomic E-state index is -1.35. The SMILES string of the molecule is CCC(=O)OCOC(=O)[C@@]12OC(C)(C)O[C@@H]1CC1C3C[C@H](F)C4=CC(=O)CCC4(C)C3CCC12C. The van der Waals surface area contributed by atoms with Crippen LogP contribution in [0.4, 0.5) is 4.39 Å². The van der Waals surface area contributed by atoms with Crippen LogP contribution in [-0.2, 0) is 33.3 Å². The molecule has 8 atom stereocenters. The van der Waals surface area contributed by atoms with Gasteiger partial charge in [-0.2, -0.15) is 0 Å². The van der Waals surface area contributed by atoms with Crippen molar-refractivity contribution in [3.05, 3.63) is 11.6 Å². The number of carbonyl (C=O) groups excluding carboxylic acids is 3. The van der Waals surface area contributed by atoms with Gasteiger partial charge in [0.2, 0.25) is 6.79 Å². The molecule has 1 saturated heterocycles. The molecule has 5 aliphatic rings. The predicted molar refractivity (Wildman–Crippen MR) is 122 cm³/mol. The Morgan fingerprint density at radius 3 is 2.57 bits per heavy atom. The van der Waals surface area contributed by atoms with Crippen LogP contribution in [-0.4, -0.2) is 48.2 Å². The predicted octanol–water partition coefficient (Wildman–Crippen LogP) is 4.42. The maximum Gasteiger partial charge on any atom is 0.344 e. The Labute approximate surface area is 206 Å². The fourth-order valence-corrected chi connectivity index (χ4v) is 8.37. The van der Waals surface area contributed by atoms with Gasteiger partial charge in [-0.3, -0.25) is 9.59 Å². The number of rotatable bonds is 4. The van der Waals surface area contributed by atoms with Gasteiger partial charge in [0.15, 0.2) is 17.2 Å². The summed E-state index contributed by atoms with van der Waals surface area (Å²) in [5, 5.41) is 0. The number of allylic oxidation sites excluding steroid dienone is 1. The monoisotopic (exact) mass is 492 g/mol. The molecule has 0 radical (unpaired) electrons. The van der Waals surface area contributed by atoms with Gasteiger partial charge in [-0.15, -0.1) is 0 Å². The van der Waals surface area contributed by atoms with Crippen molar-refractivity contribution < 1.29 is 37.7 Å². The lowest BCUT2D eigenvalue weighted by Gasteiger charge is -2.59. The second-order valence-electron chi connectivity index (χ2n) is 12.0. The van der Waals surface area contributed by atoms with Crippen LogP contribution >= 0.6 is 0 Å². The van der Waals surface area contributed by atoms with Crippen LogP contribution in [0.2, 0.25) is 0 Å². The van der Waals surface area contributed by atoms with Crippen LogP contribution in [0.15, 0.2) is 11.6 Å². The third-order valence-corrected chi connectivity index (χ3v) is 9.93. The van der Waals surface area contributed by atoms with Crippen LogP contribution in [0.5, 0.6) is 0 Å². The first-order chi connectivity index (χ1) is 16.4. The van der Waals surface area contributed by atoms with Crippen LogP contribution in [0.3, 0.4) is 0 Å².